The van der Waals surface area contributed by atoms with Crippen LogP contribution in [0.5, 0.6) is 0 Å². The maximum Gasteiger partial charge on any atom is 0.305 e. The number of pyridine rings is 1. The van der Waals surface area contributed by atoms with Crippen molar-refractivity contribution in [3.05, 3.63) is 54.7 Å². The average molecular weight is 266 g/mol. The number of nitrogens with zero attached hydrogens (tertiary/aromatic N) is 2. The predicted octanol–water partition coefficient (Wildman–Crippen LogP) is -2.28. The van der Waals surface area contributed by atoms with Crippen molar-refractivity contribution in [2.24, 2.45) is 5.10 Å². The van der Waals surface area contributed by atoms with Crippen LogP contribution in [0.15, 0.2) is 58.5 Å². The van der Waals surface area contributed by atoms with Gasteiger partial charge in [0.15, 0.2) is 12.4 Å². The van der Waals surface area contributed by atoms with Crippen molar-refractivity contribution in [3.8, 4) is 0 Å². The van der Waals surface area contributed by atoms with Crippen LogP contribution in [-0.4, -0.2) is 12.1 Å². The van der Waals surface area contributed by atoms with Gasteiger partial charge in [0.1, 0.15) is 5.76 Å². The van der Waals surface area contributed by atoms with Gasteiger partial charge in [-0.15, -0.1) is 0 Å². The van der Waals surface area contributed by atoms with Crippen LogP contribution in [0.3, 0.4) is 0 Å². The Morgan fingerprint density at radius 1 is 1.33 bits per heavy atom. The molecule has 2 aromatic rings. The smallest absolute Gasteiger partial charge is 0.305 e. The fourth-order valence-electron chi connectivity index (χ4n) is 1.27. The zero-order valence-electron chi connectivity index (χ0n) is 9.49. The molecule has 0 atom stereocenters. The summed E-state index contributed by atoms with van der Waals surface area (Å²) >= 11 is 0. The van der Waals surface area contributed by atoms with Gasteiger partial charge in [-0.3, -0.25) is 4.79 Å². The van der Waals surface area contributed by atoms with Crippen molar-refractivity contribution in [2.45, 2.75) is 6.54 Å². The lowest BCUT2D eigenvalue weighted by Gasteiger charge is -1.95. The van der Waals surface area contributed by atoms with Crippen LogP contribution >= 0.6 is 0 Å². The highest BCUT2D eigenvalue weighted by molar-refractivity contribution is 5.79. The second-order valence-corrected chi connectivity index (χ2v) is 3.36. The van der Waals surface area contributed by atoms with Gasteiger partial charge in [0.05, 0.1) is 12.5 Å². The number of hydrazone groups is 1. The first-order valence-electron chi connectivity index (χ1n) is 5.14. The summed E-state index contributed by atoms with van der Waals surface area (Å²) < 4.78 is 6.79. The van der Waals surface area contributed by atoms with Crippen LogP contribution in [-0.2, 0) is 11.3 Å². The van der Waals surface area contributed by atoms with E-state index >= 15 is 0 Å². The summed E-state index contributed by atoms with van der Waals surface area (Å²) in [6.07, 6.45) is 6.63. The number of halogens is 1. The maximum absolute atomic E-state index is 11.5. The Balaban J connectivity index is 0.00000162. The summed E-state index contributed by atoms with van der Waals surface area (Å²) in [5, 5.41) is 3.78. The van der Waals surface area contributed by atoms with Crippen molar-refractivity contribution < 1.29 is 26.2 Å². The lowest BCUT2D eigenvalue weighted by atomic mass is 10.4. The molecule has 5 nitrogen and oxygen atoms in total. The van der Waals surface area contributed by atoms with E-state index in [9.17, 15) is 4.79 Å². The minimum atomic E-state index is -0.191. The zero-order chi connectivity index (χ0) is 11.9. The van der Waals surface area contributed by atoms with Gasteiger partial charge < -0.3 is 16.8 Å². The third-order valence-electron chi connectivity index (χ3n) is 2.03. The van der Waals surface area contributed by atoms with Crippen molar-refractivity contribution in [1.82, 2.24) is 5.43 Å². The lowest BCUT2D eigenvalue weighted by molar-refractivity contribution is -0.684. The number of amides is 1. The molecule has 94 valence electrons. The Hall–Kier alpha value is -2.14. The van der Waals surface area contributed by atoms with E-state index in [1.807, 2.05) is 30.6 Å². The quantitative estimate of drug-likeness (QED) is 0.385. The average Bonchev–Trinajstić information content (AvgIpc) is 2.83. The van der Waals surface area contributed by atoms with Crippen molar-refractivity contribution in [2.75, 3.05) is 0 Å². The molecule has 0 aliphatic rings. The molecule has 0 spiro atoms. The topological polar surface area (TPSA) is 58.5 Å². The molecule has 2 rings (SSSR count). The van der Waals surface area contributed by atoms with Gasteiger partial charge in [-0.25, -0.2) is 5.43 Å². The van der Waals surface area contributed by atoms with E-state index in [-0.39, 0.29) is 24.9 Å². The minimum absolute atomic E-state index is 0. The normalized spacial score (nSPS) is 10.0. The Labute approximate surface area is 111 Å². The van der Waals surface area contributed by atoms with E-state index in [1.165, 1.54) is 6.21 Å². The third kappa shape index (κ3) is 4.39. The molecule has 0 aliphatic carbocycles. The summed E-state index contributed by atoms with van der Waals surface area (Å²) in [7, 11) is 0. The van der Waals surface area contributed by atoms with Crippen molar-refractivity contribution >= 4 is 12.1 Å². The van der Waals surface area contributed by atoms with Crippen LogP contribution < -0.4 is 22.4 Å². The first-order valence-corrected chi connectivity index (χ1v) is 5.14. The number of nitrogens with one attached hydrogen (secondary N) is 1. The molecule has 2 heterocycles. The van der Waals surface area contributed by atoms with Gasteiger partial charge in [0, 0.05) is 12.1 Å². The molecule has 1 N–H and O–H groups in total. The number of carbonyl (C=O) groups is 1. The number of furan rings is 1. The Kier molecular flexibility index (Phi) is 5.60. The number of aromatic nitrogens is 1. The summed E-state index contributed by atoms with van der Waals surface area (Å²) in [5.74, 6) is 0.404. The van der Waals surface area contributed by atoms with Crippen LogP contribution in [0.25, 0.3) is 0 Å². The number of hydrogen-bond acceptors (Lipinski definition) is 3. The SMILES string of the molecule is O=C(C[n+]1ccccc1)NN=Cc1ccco1.[Cl-]. The van der Waals surface area contributed by atoms with E-state index in [0.29, 0.717) is 5.76 Å². The molecule has 0 fully saturated rings. The third-order valence-corrected chi connectivity index (χ3v) is 2.03. The molecule has 0 aliphatic heterocycles. The van der Waals surface area contributed by atoms with Gasteiger partial charge in [0.25, 0.3) is 0 Å². The molecule has 0 aromatic carbocycles. The fraction of sp³-hybridized carbons (Fsp3) is 0.0833. The molecule has 0 saturated heterocycles. The van der Waals surface area contributed by atoms with Gasteiger partial charge >= 0.3 is 5.91 Å². The predicted molar refractivity (Wildman–Crippen MR) is 61.1 cm³/mol. The fourth-order valence-corrected chi connectivity index (χ4v) is 1.27. The summed E-state index contributed by atoms with van der Waals surface area (Å²) in [6.45, 7) is 0.232. The number of carbonyl (C=O) groups excluding carboxylic acids is 1. The number of hydrogen-bond donors (Lipinski definition) is 1. The van der Waals surface area contributed by atoms with Crippen molar-refractivity contribution in [1.29, 1.82) is 0 Å². The van der Waals surface area contributed by atoms with E-state index in [1.54, 1.807) is 23.0 Å². The lowest BCUT2D eigenvalue weighted by Crippen LogP contribution is -3.00. The maximum atomic E-state index is 11.5. The molecule has 0 unspecified atom stereocenters. The second kappa shape index (κ2) is 7.24. The molecule has 0 saturated carbocycles. The van der Waals surface area contributed by atoms with Crippen LogP contribution in [0.1, 0.15) is 5.76 Å². The summed E-state index contributed by atoms with van der Waals surface area (Å²) in [5.41, 5.74) is 2.42. The minimum Gasteiger partial charge on any atom is -1.00 e. The Bertz CT molecular complexity index is 497. The van der Waals surface area contributed by atoms with Gasteiger partial charge in [-0.1, -0.05) is 6.07 Å². The van der Waals surface area contributed by atoms with Crippen molar-refractivity contribution in [3.63, 3.8) is 0 Å². The van der Waals surface area contributed by atoms with E-state index in [2.05, 4.69) is 10.5 Å². The highest BCUT2D eigenvalue weighted by Gasteiger charge is 2.06. The van der Waals surface area contributed by atoms with Crippen LogP contribution in [0, 0.1) is 0 Å². The molecule has 18 heavy (non-hydrogen) atoms. The van der Waals surface area contributed by atoms with Crippen LogP contribution in [0.2, 0.25) is 0 Å². The standard InChI is InChI=1S/C12H11N3O2.ClH/c16-12(10-15-6-2-1-3-7-15)14-13-9-11-5-4-8-17-11;/h1-9H,10H2;1H. The largest absolute Gasteiger partial charge is 1.00 e. The highest BCUT2D eigenvalue weighted by atomic mass is 35.5. The van der Waals surface area contributed by atoms with E-state index in [0.717, 1.165) is 0 Å². The van der Waals surface area contributed by atoms with Gasteiger partial charge in [-0.2, -0.15) is 9.67 Å². The first-order chi connectivity index (χ1) is 8.34. The highest BCUT2D eigenvalue weighted by Crippen LogP contribution is 1.94. The molecule has 6 heteroatoms. The van der Waals surface area contributed by atoms with Crippen LogP contribution in [0.4, 0.5) is 0 Å². The molecule has 0 bridgehead atoms. The van der Waals surface area contributed by atoms with Gasteiger partial charge in [0.2, 0.25) is 6.54 Å². The molecular formula is C12H12ClN3O2. The van der Waals surface area contributed by atoms with Gasteiger partial charge in [-0.05, 0) is 12.1 Å². The molecular weight excluding hydrogens is 254 g/mol. The monoisotopic (exact) mass is 265 g/mol. The summed E-state index contributed by atoms with van der Waals surface area (Å²) in [6, 6.07) is 9.12. The molecule has 2 aromatic heterocycles. The van der Waals surface area contributed by atoms with E-state index < -0.39 is 0 Å². The molecule has 1 amide bonds. The Morgan fingerprint density at radius 3 is 2.78 bits per heavy atom. The second-order valence-electron chi connectivity index (χ2n) is 3.36. The Morgan fingerprint density at radius 2 is 2.11 bits per heavy atom. The van der Waals surface area contributed by atoms with E-state index in [4.69, 9.17) is 4.42 Å². The summed E-state index contributed by atoms with van der Waals surface area (Å²) in [4.78, 5) is 11.5. The molecule has 0 radical (unpaired) electrons. The number of rotatable bonds is 4. The first kappa shape index (κ1) is 13.9. The zero-order valence-corrected chi connectivity index (χ0v) is 10.2.